The zero-order valence-electron chi connectivity index (χ0n) is 14.8. The second-order valence-corrected chi connectivity index (χ2v) is 6.22. The van der Waals surface area contributed by atoms with E-state index in [1.54, 1.807) is 18.0 Å². The first kappa shape index (κ1) is 17.8. The Morgan fingerprint density at radius 2 is 2.23 bits per heavy atom. The molecule has 3 heterocycles. The summed E-state index contributed by atoms with van der Waals surface area (Å²) in [5.41, 5.74) is 1.28. The van der Waals surface area contributed by atoms with E-state index in [9.17, 15) is 4.79 Å². The van der Waals surface area contributed by atoms with Crippen LogP contribution in [0.1, 0.15) is 23.7 Å². The van der Waals surface area contributed by atoms with Crippen LogP contribution in [0.2, 0.25) is 0 Å². The predicted molar refractivity (Wildman–Crippen MR) is 92.9 cm³/mol. The van der Waals surface area contributed by atoms with E-state index in [4.69, 9.17) is 10.00 Å². The molecule has 0 bridgehead atoms. The number of aryl methyl sites for hydroxylation is 1. The molecule has 0 saturated carbocycles. The highest BCUT2D eigenvalue weighted by Gasteiger charge is 2.40. The first-order valence-corrected chi connectivity index (χ1v) is 8.35. The Bertz CT molecular complexity index is 796. The van der Waals surface area contributed by atoms with Crippen molar-refractivity contribution in [3.63, 3.8) is 0 Å². The van der Waals surface area contributed by atoms with E-state index >= 15 is 0 Å². The number of nitriles is 1. The fourth-order valence-electron chi connectivity index (χ4n) is 3.26. The Balaban J connectivity index is 1.75. The van der Waals surface area contributed by atoms with E-state index in [0.29, 0.717) is 31.9 Å². The SMILES string of the molecule is COCCN1C(=O)C[C@@H](CNc2cnc(C#N)cn2)[C@@H]1c1cnn(C)c1. The van der Waals surface area contributed by atoms with Crippen LogP contribution in [0, 0.1) is 17.2 Å². The highest BCUT2D eigenvalue weighted by molar-refractivity contribution is 5.79. The number of amides is 1. The topological polar surface area (TPSA) is 109 Å². The van der Waals surface area contributed by atoms with E-state index in [2.05, 4.69) is 20.4 Å². The molecular formula is C17H21N7O2. The molecule has 9 heteroatoms. The van der Waals surface area contributed by atoms with Crippen LogP contribution in [-0.4, -0.2) is 57.4 Å². The molecule has 0 aliphatic carbocycles. The van der Waals surface area contributed by atoms with Gasteiger partial charge in [-0.1, -0.05) is 0 Å². The summed E-state index contributed by atoms with van der Waals surface area (Å²) in [6.07, 6.45) is 7.14. The van der Waals surface area contributed by atoms with Gasteiger partial charge in [-0.2, -0.15) is 10.4 Å². The van der Waals surface area contributed by atoms with Gasteiger partial charge >= 0.3 is 0 Å². The Labute approximate surface area is 151 Å². The Morgan fingerprint density at radius 3 is 2.85 bits per heavy atom. The van der Waals surface area contributed by atoms with Crippen LogP contribution in [0.25, 0.3) is 0 Å². The van der Waals surface area contributed by atoms with Crippen molar-refractivity contribution < 1.29 is 9.53 Å². The lowest BCUT2D eigenvalue weighted by molar-refractivity contribution is -0.129. The zero-order valence-corrected chi connectivity index (χ0v) is 14.8. The van der Waals surface area contributed by atoms with Crippen LogP contribution in [0.3, 0.4) is 0 Å². The Kier molecular flexibility index (Phi) is 5.43. The van der Waals surface area contributed by atoms with Crippen molar-refractivity contribution >= 4 is 11.7 Å². The van der Waals surface area contributed by atoms with Gasteiger partial charge in [0, 0.05) is 51.3 Å². The van der Waals surface area contributed by atoms with Crippen LogP contribution in [0.15, 0.2) is 24.8 Å². The van der Waals surface area contributed by atoms with Crippen molar-refractivity contribution in [3.8, 4) is 6.07 Å². The molecule has 3 rings (SSSR count). The summed E-state index contributed by atoms with van der Waals surface area (Å²) < 4.78 is 6.89. The molecule has 0 unspecified atom stereocenters. The van der Waals surface area contributed by atoms with Gasteiger partial charge in [0.2, 0.25) is 5.91 Å². The van der Waals surface area contributed by atoms with Crippen molar-refractivity contribution in [1.29, 1.82) is 5.26 Å². The number of likely N-dealkylation sites (tertiary alicyclic amines) is 1. The third-order valence-electron chi connectivity index (χ3n) is 4.45. The van der Waals surface area contributed by atoms with Crippen LogP contribution in [0.4, 0.5) is 5.82 Å². The van der Waals surface area contributed by atoms with Gasteiger partial charge in [0.15, 0.2) is 5.69 Å². The van der Waals surface area contributed by atoms with Gasteiger partial charge in [-0.25, -0.2) is 9.97 Å². The van der Waals surface area contributed by atoms with E-state index in [1.807, 2.05) is 24.2 Å². The molecule has 1 fully saturated rings. The van der Waals surface area contributed by atoms with Gasteiger partial charge in [-0.05, 0) is 0 Å². The number of aromatic nitrogens is 4. The lowest BCUT2D eigenvalue weighted by atomic mass is 9.95. The van der Waals surface area contributed by atoms with Crippen LogP contribution in [-0.2, 0) is 16.6 Å². The number of nitrogens with zero attached hydrogens (tertiary/aromatic N) is 6. The minimum absolute atomic E-state index is 0.0646. The maximum Gasteiger partial charge on any atom is 0.223 e. The summed E-state index contributed by atoms with van der Waals surface area (Å²) in [6, 6.07) is 1.87. The molecule has 0 spiro atoms. The number of methoxy groups -OCH3 is 1. The van der Waals surface area contributed by atoms with Crippen molar-refractivity contribution in [2.75, 3.05) is 32.1 Å². The second kappa shape index (κ2) is 7.93. The number of nitrogens with one attached hydrogen (secondary N) is 1. The molecule has 1 aliphatic heterocycles. The molecule has 1 saturated heterocycles. The van der Waals surface area contributed by atoms with Crippen LogP contribution < -0.4 is 5.32 Å². The normalized spacial score (nSPS) is 19.6. The number of anilines is 1. The number of hydrogen-bond acceptors (Lipinski definition) is 7. The molecule has 2 aromatic rings. The van der Waals surface area contributed by atoms with Gasteiger partial charge in [-0.3, -0.25) is 9.48 Å². The summed E-state index contributed by atoms with van der Waals surface area (Å²) in [4.78, 5) is 22.6. The minimum Gasteiger partial charge on any atom is -0.383 e. The molecule has 1 N–H and O–H groups in total. The number of rotatable bonds is 7. The summed E-state index contributed by atoms with van der Waals surface area (Å²) in [5, 5.41) is 16.3. The number of carbonyl (C=O) groups is 1. The quantitative estimate of drug-likeness (QED) is 0.780. The van der Waals surface area contributed by atoms with E-state index in [-0.39, 0.29) is 23.6 Å². The second-order valence-electron chi connectivity index (χ2n) is 6.22. The number of ether oxygens (including phenoxy) is 1. The number of hydrogen-bond donors (Lipinski definition) is 1. The fraction of sp³-hybridized carbons (Fsp3) is 0.471. The van der Waals surface area contributed by atoms with Crippen molar-refractivity contribution in [3.05, 3.63) is 36.0 Å². The molecule has 136 valence electrons. The fourth-order valence-corrected chi connectivity index (χ4v) is 3.26. The molecule has 9 nitrogen and oxygen atoms in total. The molecule has 0 aromatic carbocycles. The maximum atomic E-state index is 12.5. The van der Waals surface area contributed by atoms with Crippen molar-refractivity contribution in [1.82, 2.24) is 24.6 Å². The van der Waals surface area contributed by atoms with E-state index < -0.39 is 0 Å². The molecule has 1 aliphatic rings. The first-order chi connectivity index (χ1) is 12.6. The molecule has 0 radical (unpaired) electrons. The van der Waals surface area contributed by atoms with Gasteiger partial charge in [0.05, 0.1) is 31.2 Å². The highest BCUT2D eigenvalue weighted by atomic mass is 16.5. The Morgan fingerprint density at radius 1 is 1.38 bits per heavy atom. The molecule has 2 aromatic heterocycles. The molecular weight excluding hydrogens is 334 g/mol. The lowest BCUT2D eigenvalue weighted by Gasteiger charge is -2.27. The minimum atomic E-state index is -0.0646. The summed E-state index contributed by atoms with van der Waals surface area (Å²) in [6.45, 7) is 1.60. The average molecular weight is 355 g/mol. The summed E-state index contributed by atoms with van der Waals surface area (Å²) in [7, 11) is 3.49. The van der Waals surface area contributed by atoms with Gasteiger partial charge < -0.3 is 15.0 Å². The van der Waals surface area contributed by atoms with Crippen molar-refractivity contribution in [2.24, 2.45) is 13.0 Å². The van der Waals surface area contributed by atoms with Crippen LogP contribution in [0.5, 0.6) is 0 Å². The lowest BCUT2D eigenvalue weighted by Crippen LogP contribution is -2.33. The highest BCUT2D eigenvalue weighted by Crippen LogP contribution is 2.37. The third kappa shape index (κ3) is 3.81. The summed E-state index contributed by atoms with van der Waals surface area (Å²) in [5.74, 6) is 0.756. The largest absolute Gasteiger partial charge is 0.383 e. The van der Waals surface area contributed by atoms with Gasteiger partial charge in [0.25, 0.3) is 0 Å². The maximum absolute atomic E-state index is 12.5. The third-order valence-corrected chi connectivity index (χ3v) is 4.45. The standard InChI is InChI=1S/C17H21N7O2/c1-23-11-13(8-22-23)17-12(5-16(25)24(17)3-4-26-2)7-20-15-10-19-14(6-18)9-21-15/h8-12,17H,3-5,7H2,1-2H3,(H,20,21)/t12-,17+/m0/s1. The van der Waals surface area contributed by atoms with E-state index in [0.717, 1.165) is 5.56 Å². The molecule has 26 heavy (non-hydrogen) atoms. The average Bonchev–Trinajstić information content (AvgIpc) is 3.21. The monoisotopic (exact) mass is 355 g/mol. The predicted octanol–water partition coefficient (Wildman–Crippen LogP) is 0.730. The number of carbonyl (C=O) groups excluding carboxylic acids is 1. The summed E-state index contributed by atoms with van der Waals surface area (Å²) >= 11 is 0. The van der Waals surface area contributed by atoms with Gasteiger partial charge in [0.1, 0.15) is 11.9 Å². The Hall–Kier alpha value is -2.99. The van der Waals surface area contributed by atoms with Crippen molar-refractivity contribution in [2.45, 2.75) is 12.5 Å². The first-order valence-electron chi connectivity index (χ1n) is 8.35. The van der Waals surface area contributed by atoms with E-state index in [1.165, 1.54) is 12.4 Å². The zero-order chi connectivity index (χ0) is 18.5. The molecule has 2 atom stereocenters. The van der Waals surface area contributed by atoms with Crippen LogP contribution >= 0.6 is 0 Å². The smallest absolute Gasteiger partial charge is 0.223 e. The molecule has 1 amide bonds. The van der Waals surface area contributed by atoms with Gasteiger partial charge in [-0.15, -0.1) is 0 Å².